The highest BCUT2D eigenvalue weighted by Gasteiger charge is 2.27. The molecule has 1 aliphatic rings. The Hall–Kier alpha value is -2.33. The van der Waals surface area contributed by atoms with E-state index in [-0.39, 0.29) is 11.7 Å². The molecule has 1 atom stereocenters. The molecule has 138 valence electrons. The maximum Gasteiger partial charge on any atom is 0.167 e. The smallest absolute Gasteiger partial charge is 0.167 e. The molecule has 1 saturated heterocycles. The van der Waals surface area contributed by atoms with Crippen molar-refractivity contribution in [1.29, 1.82) is 0 Å². The normalized spacial score (nSPS) is 17.7. The number of ketones is 1. The average Bonchev–Trinajstić information content (AvgIpc) is 2.69. The SMILES string of the molecule is CCOc1ccccc1CN1CCC[C@H](C(=O)c2cccc(OC)c2)C1. The van der Waals surface area contributed by atoms with Gasteiger partial charge in [-0.25, -0.2) is 0 Å². The predicted molar refractivity (Wildman–Crippen MR) is 103 cm³/mol. The van der Waals surface area contributed by atoms with Crippen molar-refractivity contribution in [3.05, 3.63) is 59.7 Å². The number of hydrogen-bond donors (Lipinski definition) is 0. The second kappa shape index (κ2) is 8.86. The summed E-state index contributed by atoms with van der Waals surface area (Å²) in [5, 5.41) is 0. The molecule has 2 aromatic rings. The minimum Gasteiger partial charge on any atom is -0.497 e. The Morgan fingerprint density at radius 3 is 2.85 bits per heavy atom. The first-order chi connectivity index (χ1) is 12.7. The molecule has 0 N–H and O–H groups in total. The minimum absolute atomic E-state index is 0.0371. The molecule has 0 aromatic heterocycles. The van der Waals surface area contributed by atoms with Crippen molar-refractivity contribution in [2.45, 2.75) is 26.3 Å². The van der Waals surface area contributed by atoms with Gasteiger partial charge in [-0.3, -0.25) is 9.69 Å². The maximum absolute atomic E-state index is 12.9. The molecular weight excluding hydrogens is 326 g/mol. The van der Waals surface area contributed by atoms with Crippen LogP contribution < -0.4 is 9.47 Å². The van der Waals surface area contributed by atoms with Gasteiger partial charge in [0.1, 0.15) is 11.5 Å². The van der Waals surface area contributed by atoms with Crippen LogP contribution in [0.4, 0.5) is 0 Å². The first-order valence-corrected chi connectivity index (χ1v) is 9.32. The van der Waals surface area contributed by atoms with Crippen LogP contribution in [0.3, 0.4) is 0 Å². The number of para-hydroxylation sites is 1. The Kier molecular flexibility index (Phi) is 6.29. The lowest BCUT2D eigenvalue weighted by atomic mass is 9.89. The van der Waals surface area contributed by atoms with Crippen LogP contribution in [0.2, 0.25) is 0 Å². The maximum atomic E-state index is 12.9. The quantitative estimate of drug-likeness (QED) is 0.700. The van der Waals surface area contributed by atoms with Gasteiger partial charge < -0.3 is 9.47 Å². The van der Waals surface area contributed by atoms with Gasteiger partial charge in [-0.1, -0.05) is 30.3 Å². The number of carbonyl (C=O) groups is 1. The molecular formula is C22H27NO3. The van der Waals surface area contributed by atoms with E-state index in [0.29, 0.717) is 6.61 Å². The third-order valence-corrected chi connectivity index (χ3v) is 4.90. The zero-order valence-corrected chi connectivity index (χ0v) is 15.6. The first-order valence-electron chi connectivity index (χ1n) is 9.32. The molecule has 1 heterocycles. The third-order valence-electron chi connectivity index (χ3n) is 4.90. The summed E-state index contributed by atoms with van der Waals surface area (Å²) in [6, 6.07) is 15.6. The predicted octanol–water partition coefficient (Wildman–Crippen LogP) is 4.19. The number of Topliss-reactive ketones (excluding diaryl/α,β-unsaturated/α-hetero) is 1. The van der Waals surface area contributed by atoms with Crippen LogP contribution in [0.1, 0.15) is 35.7 Å². The van der Waals surface area contributed by atoms with Gasteiger partial charge in [0.15, 0.2) is 5.78 Å². The van der Waals surface area contributed by atoms with Gasteiger partial charge in [-0.15, -0.1) is 0 Å². The van der Waals surface area contributed by atoms with Gasteiger partial charge in [-0.05, 0) is 44.5 Å². The highest BCUT2D eigenvalue weighted by Crippen LogP contribution is 2.26. The van der Waals surface area contributed by atoms with Crippen LogP contribution in [0, 0.1) is 5.92 Å². The Balaban J connectivity index is 1.68. The van der Waals surface area contributed by atoms with E-state index in [1.165, 1.54) is 5.56 Å². The van der Waals surface area contributed by atoms with Crippen LogP contribution in [0.15, 0.2) is 48.5 Å². The molecule has 0 aliphatic carbocycles. The number of nitrogens with zero attached hydrogens (tertiary/aromatic N) is 1. The molecule has 0 bridgehead atoms. The fourth-order valence-electron chi connectivity index (χ4n) is 3.60. The lowest BCUT2D eigenvalue weighted by Crippen LogP contribution is -2.38. The lowest BCUT2D eigenvalue weighted by Gasteiger charge is -2.32. The zero-order valence-electron chi connectivity index (χ0n) is 15.6. The van der Waals surface area contributed by atoms with Crippen LogP contribution >= 0.6 is 0 Å². The number of ether oxygens (including phenoxy) is 2. The summed E-state index contributed by atoms with van der Waals surface area (Å²) in [6.07, 6.45) is 1.98. The molecule has 1 fully saturated rings. The van der Waals surface area contributed by atoms with Crippen LogP contribution in [-0.4, -0.2) is 37.5 Å². The lowest BCUT2D eigenvalue weighted by molar-refractivity contribution is 0.0810. The summed E-state index contributed by atoms with van der Waals surface area (Å²) in [4.78, 5) is 15.3. The Morgan fingerprint density at radius 2 is 2.04 bits per heavy atom. The van der Waals surface area contributed by atoms with E-state index in [1.54, 1.807) is 7.11 Å². The molecule has 26 heavy (non-hydrogen) atoms. The molecule has 0 saturated carbocycles. The van der Waals surface area contributed by atoms with Gasteiger partial charge in [0.05, 0.1) is 13.7 Å². The highest BCUT2D eigenvalue weighted by atomic mass is 16.5. The molecule has 0 amide bonds. The van der Waals surface area contributed by atoms with Crippen molar-refractivity contribution in [2.24, 2.45) is 5.92 Å². The van der Waals surface area contributed by atoms with Crippen LogP contribution in [-0.2, 0) is 6.54 Å². The van der Waals surface area contributed by atoms with Crippen LogP contribution in [0.25, 0.3) is 0 Å². The molecule has 0 unspecified atom stereocenters. The molecule has 2 aromatic carbocycles. The summed E-state index contributed by atoms with van der Waals surface area (Å²) >= 11 is 0. The van der Waals surface area contributed by atoms with Gasteiger partial charge >= 0.3 is 0 Å². The fourth-order valence-corrected chi connectivity index (χ4v) is 3.60. The number of rotatable bonds is 7. The summed E-state index contributed by atoms with van der Waals surface area (Å²) in [5.74, 6) is 1.92. The standard InChI is InChI=1S/C22H27NO3/c1-3-26-21-12-5-4-8-18(21)15-23-13-7-10-19(16-23)22(24)17-9-6-11-20(14-17)25-2/h4-6,8-9,11-12,14,19H,3,7,10,13,15-16H2,1-2H3/t19-/m0/s1. The van der Waals surface area contributed by atoms with Crippen LogP contribution in [0.5, 0.6) is 11.5 Å². The largest absolute Gasteiger partial charge is 0.497 e. The fraction of sp³-hybridized carbons (Fsp3) is 0.409. The number of hydrogen-bond acceptors (Lipinski definition) is 4. The molecule has 3 rings (SSSR count). The van der Waals surface area contributed by atoms with Gasteiger partial charge in [0, 0.05) is 30.1 Å². The van der Waals surface area contributed by atoms with E-state index in [1.807, 2.05) is 49.4 Å². The topological polar surface area (TPSA) is 38.8 Å². The number of carbonyl (C=O) groups excluding carboxylic acids is 1. The molecule has 0 spiro atoms. The number of piperidine rings is 1. The summed E-state index contributed by atoms with van der Waals surface area (Å²) in [6.45, 7) is 5.28. The number of benzene rings is 2. The molecule has 0 radical (unpaired) electrons. The van der Waals surface area contributed by atoms with E-state index >= 15 is 0 Å². The highest BCUT2D eigenvalue weighted by molar-refractivity contribution is 5.98. The molecule has 4 heteroatoms. The van der Waals surface area contributed by atoms with Crippen molar-refractivity contribution in [3.63, 3.8) is 0 Å². The Bertz CT molecular complexity index is 744. The summed E-state index contributed by atoms with van der Waals surface area (Å²) in [7, 11) is 1.63. The Morgan fingerprint density at radius 1 is 1.19 bits per heavy atom. The number of likely N-dealkylation sites (tertiary alicyclic amines) is 1. The van der Waals surface area contributed by atoms with E-state index < -0.39 is 0 Å². The van der Waals surface area contributed by atoms with Gasteiger partial charge in [0.2, 0.25) is 0 Å². The van der Waals surface area contributed by atoms with E-state index in [9.17, 15) is 4.79 Å². The second-order valence-electron chi connectivity index (χ2n) is 6.71. The second-order valence-corrected chi connectivity index (χ2v) is 6.71. The Labute approximate surface area is 155 Å². The first kappa shape index (κ1) is 18.5. The van der Waals surface area contributed by atoms with Crippen molar-refractivity contribution in [3.8, 4) is 11.5 Å². The monoisotopic (exact) mass is 353 g/mol. The molecule has 4 nitrogen and oxygen atoms in total. The summed E-state index contributed by atoms with van der Waals surface area (Å²) in [5.41, 5.74) is 1.93. The van der Waals surface area contributed by atoms with Gasteiger partial charge in [0.25, 0.3) is 0 Å². The van der Waals surface area contributed by atoms with Gasteiger partial charge in [-0.2, -0.15) is 0 Å². The summed E-state index contributed by atoms with van der Waals surface area (Å²) < 4.78 is 11.0. The van der Waals surface area contributed by atoms with Crippen molar-refractivity contribution in [2.75, 3.05) is 26.8 Å². The van der Waals surface area contributed by atoms with Crippen molar-refractivity contribution < 1.29 is 14.3 Å². The van der Waals surface area contributed by atoms with E-state index in [0.717, 1.165) is 49.5 Å². The zero-order chi connectivity index (χ0) is 18.4. The van der Waals surface area contributed by atoms with Crippen molar-refractivity contribution in [1.82, 2.24) is 4.90 Å². The molecule has 1 aliphatic heterocycles. The van der Waals surface area contributed by atoms with E-state index in [2.05, 4.69) is 11.0 Å². The van der Waals surface area contributed by atoms with Crippen molar-refractivity contribution >= 4 is 5.78 Å². The number of methoxy groups -OCH3 is 1. The minimum atomic E-state index is 0.0371. The average molecular weight is 353 g/mol. The third kappa shape index (κ3) is 4.44. The van der Waals surface area contributed by atoms with E-state index in [4.69, 9.17) is 9.47 Å².